The molecule has 1 heterocycles. The number of halogens is 1. The van der Waals surface area contributed by atoms with E-state index in [2.05, 4.69) is 20.9 Å². The monoisotopic (exact) mass is 329 g/mol. The molecule has 1 aliphatic carbocycles. The summed E-state index contributed by atoms with van der Waals surface area (Å²) in [5, 5.41) is 10.6. The minimum absolute atomic E-state index is 0.0454. The Morgan fingerprint density at radius 3 is 2.89 bits per heavy atom. The molecule has 0 spiro atoms. The third-order valence-electron chi connectivity index (χ3n) is 3.41. The third-order valence-corrected chi connectivity index (χ3v) is 3.98. The van der Waals surface area contributed by atoms with Gasteiger partial charge in [-0.05, 0) is 41.7 Å². The zero-order chi connectivity index (χ0) is 13.8. The predicted molar refractivity (Wildman–Crippen MR) is 74.0 cm³/mol. The Morgan fingerprint density at radius 2 is 2.26 bits per heavy atom. The van der Waals surface area contributed by atoms with Crippen molar-refractivity contribution in [2.45, 2.75) is 31.8 Å². The molecule has 1 fully saturated rings. The van der Waals surface area contributed by atoms with Crippen LogP contribution < -0.4 is 10.5 Å². The minimum Gasteiger partial charge on any atom is -0.473 e. The van der Waals surface area contributed by atoms with Crippen molar-refractivity contribution < 1.29 is 9.66 Å². The fourth-order valence-electron chi connectivity index (χ4n) is 2.34. The van der Waals surface area contributed by atoms with E-state index >= 15 is 0 Å². The van der Waals surface area contributed by atoms with Gasteiger partial charge >= 0.3 is 0 Å². The van der Waals surface area contributed by atoms with Crippen LogP contribution in [0.3, 0.4) is 0 Å². The van der Waals surface area contributed by atoms with Crippen molar-refractivity contribution in [2.75, 3.05) is 6.54 Å². The Labute approximate surface area is 119 Å². The summed E-state index contributed by atoms with van der Waals surface area (Å²) in [6.07, 6.45) is 5.56. The topological polar surface area (TPSA) is 91.3 Å². The average Bonchev–Trinajstić information content (AvgIpc) is 2.41. The van der Waals surface area contributed by atoms with E-state index in [1.54, 1.807) is 0 Å². The fraction of sp³-hybridized carbons (Fsp3) is 0.583. The van der Waals surface area contributed by atoms with Crippen molar-refractivity contribution in [1.82, 2.24) is 4.98 Å². The van der Waals surface area contributed by atoms with Gasteiger partial charge in [-0.2, -0.15) is 0 Å². The number of nitrogens with two attached hydrogens (primary N) is 1. The lowest BCUT2D eigenvalue weighted by molar-refractivity contribution is -0.385. The summed E-state index contributed by atoms with van der Waals surface area (Å²) in [5.74, 6) is 0.730. The molecule has 2 rings (SSSR count). The summed E-state index contributed by atoms with van der Waals surface area (Å²) in [7, 11) is 0. The molecule has 1 aromatic rings. The molecule has 19 heavy (non-hydrogen) atoms. The maximum atomic E-state index is 10.6. The van der Waals surface area contributed by atoms with Crippen molar-refractivity contribution in [2.24, 2.45) is 11.7 Å². The van der Waals surface area contributed by atoms with Crippen LogP contribution in [0.25, 0.3) is 0 Å². The van der Waals surface area contributed by atoms with E-state index in [4.69, 9.17) is 10.5 Å². The van der Waals surface area contributed by atoms with Gasteiger partial charge in [0.25, 0.3) is 5.69 Å². The lowest BCUT2D eigenvalue weighted by atomic mass is 9.86. The second-order valence-electron chi connectivity index (χ2n) is 4.67. The van der Waals surface area contributed by atoms with Crippen LogP contribution in [-0.4, -0.2) is 22.6 Å². The van der Waals surface area contributed by atoms with E-state index in [0.717, 1.165) is 19.3 Å². The smallest absolute Gasteiger partial charge is 0.288 e. The summed E-state index contributed by atoms with van der Waals surface area (Å²) < 4.78 is 6.37. The molecule has 7 heteroatoms. The van der Waals surface area contributed by atoms with Gasteiger partial charge in [0, 0.05) is 12.0 Å². The highest BCUT2D eigenvalue weighted by molar-refractivity contribution is 9.10. The Morgan fingerprint density at radius 1 is 1.53 bits per heavy atom. The Bertz CT molecular complexity index is 470. The summed E-state index contributed by atoms with van der Waals surface area (Å²) >= 11 is 3.26. The molecule has 1 saturated carbocycles. The number of aromatic nitrogens is 1. The molecule has 2 unspecified atom stereocenters. The number of nitro groups is 1. The Balaban J connectivity index is 2.11. The summed E-state index contributed by atoms with van der Waals surface area (Å²) in [5.41, 5.74) is 5.69. The normalized spacial score (nSPS) is 23.1. The molecule has 104 valence electrons. The fourth-order valence-corrected chi connectivity index (χ4v) is 2.77. The van der Waals surface area contributed by atoms with E-state index in [1.165, 1.54) is 18.7 Å². The van der Waals surface area contributed by atoms with E-state index in [9.17, 15) is 10.1 Å². The lowest BCUT2D eigenvalue weighted by Gasteiger charge is -2.30. The molecule has 2 N–H and O–H groups in total. The van der Waals surface area contributed by atoms with Crippen LogP contribution in [-0.2, 0) is 0 Å². The Kier molecular flexibility index (Phi) is 4.71. The van der Waals surface area contributed by atoms with Gasteiger partial charge in [-0.1, -0.05) is 6.42 Å². The van der Waals surface area contributed by atoms with Crippen LogP contribution in [0.1, 0.15) is 25.7 Å². The molecule has 0 amide bonds. The number of nitrogens with zero attached hydrogens (tertiary/aromatic N) is 2. The first kappa shape index (κ1) is 14.2. The number of hydrogen-bond acceptors (Lipinski definition) is 5. The molecule has 1 aliphatic rings. The minimum atomic E-state index is -0.481. The first-order valence-electron chi connectivity index (χ1n) is 6.28. The maximum absolute atomic E-state index is 10.6. The van der Waals surface area contributed by atoms with Crippen molar-refractivity contribution in [3.8, 4) is 5.88 Å². The van der Waals surface area contributed by atoms with Gasteiger partial charge in [0.1, 0.15) is 12.3 Å². The van der Waals surface area contributed by atoms with Crippen LogP contribution in [0.5, 0.6) is 5.88 Å². The highest BCUT2D eigenvalue weighted by Crippen LogP contribution is 2.31. The van der Waals surface area contributed by atoms with E-state index in [-0.39, 0.29) is 11.8 Å². The highest BCUT2D eigenvalue weighted by atomic mass is 79.9. The van der Waals surface area contributed by atoms with Crippen LogP contribution >= 0.6 is 15.9 Å². The van der Waals surface area contributed by atoms with Crippen LogP contribution in [0.2, 0.25) is 0 Å². The molecular formula is C12H16BrN3O3. The predicted octanol–water partition coefficient (Wildman–Crippen LogP) is 2.65. The third kappa shape index (κ3) is 3.42. The molecule has 1 aromatic heterocycles. The quantitative estimate of drug-likeness (QED) is 0.677. The van der Waals surface area contributed by atoms with Gasteiger partial charge in [-0.15, -0.1) is 0 Å². The number of hydrogen-bond donors (Lipinski definition) is 1. The number of pyridine rings is 1. The van der Waals surface area contributed by atoms with Gasteiger partial charge in [0.15, 0.2) is 0 Å². The zero-order valence-corrected chi connectivity index (χ0v) is 12.0. The molecule has 0 aliphatic heterocycles. The molecule has 2 atom stereocenters. The zero-order valence-electron chi connectivity index (χ0n) is 10.4. The lowest BCUT2D eigenvalue weighted by Crippen LogP contribution is -2.35. The van der Waals surface area contributed by atoms with Crippen molar-refractivity contribution in [1.29, 1.82) is 0 Å². The summed E-state index contributed by atoms with van der Waals surface area (Å²) in [6, 6.07) is 1.41. The highest BCUT2D eigenvalue weighted by Gasteiger charge is 2.27. The maximum Gasteiger partial charge on any atom is 0.288 e. The molecule has 0 aromatic carbocycles. The first-order valence-corrected chi connectivity index (χ1v) is 7.07. The SMILES string of the molecule is NCC1CCCCC1Oc1ncc([N+](=O)[O-])cc1Br. The molecule has 0 saturated heterocycles. The second kappa shape index (κ2) is 6.29. The van der Waals surface area contributed by atoms with Gasteiger partial charge in [-0.25, -0.2) is 4.98 Å². The van der Waals surface area contributed by atoms with Gasteiger partial charge in [0.05, 0.1) is 9.40 Å². The van der Waals surface area contributed by atoms with E-state index < -0.39 is 4.92 Å². The standard InChI is InChI=1S/C12H16BrN3O3/c13-10-5-9(16(17)18)7-15-12(10)19-11-4-2-1-3-8(11)6-14/h5,7-8,11H,1-4,6,14H2. The van der Waals surface area contributed by atoms with Crippen LogP contribution in [0, 0.1) is 16.0 Å². The second-order valence-corrected chi connectivity index (χ2v) is 5.53. The van der Waals surface area contributed by atoms with Gasteiger partial charge in [-0.3, -0.25) is 10.1 Å². The van der Waals surface area contributed by atoms with Gasteiger partial charge < -0.3 is 10.5 Å². The van der Waals surface area contributed by atoms with E-state index in [0.29, 0.717) is 22.8 Å². The molecule has 0 bridgehead atoms. The van der Waals surface area contributed by atoms with Crippen molar-refractivity contribution in [3.05, 3.63) is 26.9 Å². The summed E-state index contributed by atoms with van der Waals surface area (Å²) in [4.78, 5) is 14.2. The number of ether oxygens (including phenoxy) is 1. The molecule has 6 nitrogen and oxygen atoms in total. The first-order chi connectivity index (χ1) is 9.11. The Hall–Kier alpha value is -1.21. The summed E-state index contributed by atoms with van der Waals surface area (Å²) in [6.45, 7) is 0.593. The van der Waals surface area contributed by atoms with Crippen molar-refractivity contribution >= 4 is 21.6 Å². The average molecular weight is 330 g/mol. The number of rotatable bonds is 4. The largest absolute Gasteiger partial charge is 0.473 e. The molecule has 0 radical (unpaired) electrons. The van der Waals surface area contributed by atoms with Crippen LogP contribution in [0.15, 0.2) is 16.7 Å². The van der Waals surface area contributed by atoms with E-state index in [1.807, 2.05) is 0 Å². The van der Waals surface area contributed by atoms with Gasteiger partial charge in [0.2, 0.25) is 5.88 Å². The molecular weight excluding hydrogens is 314 g/mol. The van der Waals surface area contributed by atoms with Crippen molar-refractivity contribution in [3.63, 3.8) is 0 Å². The van der Waals surface area contributed by atoms with Crippen LogP contribution in [0.4, 0.5) is 5.69 Å².